The molecular formula is C63H38N2O2. The Labute approximate surface area is 385 Å². The van der Waals surface area contributed by atoms with Gasteiger partial charge in [0.15, 0.2) is 0 Å². The average molecular weight is 855 g/mol. The molecule has 3 heterocycles. The summed E-state index contributed by atoms with van der Waals surface area (Å²) in [6.45, 7) is 0. The number of aromatic nitrogens is 1. The van der Waals surface area contributed by atoms with E-state index in [9.17, 15) is 0 Å². The predicted octanol–water partition coefficient (Wildman–Crippen LogP) is 16.9. The van der Waals surface area contributed by atoms with E-state index in [1.165, 1.54) is 54.6 Å². The fraction of sp³-hybridized carbons (Fsp3) is 0.0159. The van der Waals surface area contributed by atoms with Gasteiger partial charge in [-0.3, -0.25) is 0 Å². The third-order valence-corrected chi connectivity index (χ3v) is 14.6. The summed E-state index contributed by atoms with van der Waals surface area (Å²) in [4.78, 5) is 2.39. The van der Waals surface area contributed by atoms with Gasteiger partial charge in [-0.15, -0.1) is 0 Å². The molecule has 13 aromatic rings. The number of fused-ring (bicyclic) bond motifs is 15. The lowest BCUT2D eigenvalue weighted by Crippen LogP contribution is -2.36. The van der Waals surface area contributed by atoms with Crippen LogP contribution in [0, 0.1) is 0 Å². The summed E-state index contributed by atoms with van der Waals surface area (Å²) < 4.78 is 16.0. The van der Waals surface area contributed by atoms with Gasteiger partial charge in [-0.05, 0) is 104 Å². The van der Waals surface area contributed by atoms with Gasteiger partial charge in [-0.2, -0.15) is 0 Å². The minimum absolute atomic E-state index is 0.626. The summed E-state index contributed by atoms with van der Waals surface area (Å²) in [6.07, 6.45) is 0. The van der Waals surface area contributed by atoms with Crippen molar-refractivity contribution < 1.29 is 9.15 Å². The van der Waals surface area contributed by atoms with Gasteiger partial charge in [0.05, 0.1) is 27.5 Å². The summed E-state index contributed by atoms with van der Waals surface area (Å²) >= 11 is 0. The first kappa shape index (κ1) is 36.5. The number of hydrogen-bond acceptors (Lipinski definition) is 3. The van der Waals surface area contributed by atoms with Crippen molar-refractivity contribution in [1.29, 1.82) is 0 Å². The van der Waals surface area contributed by atoms with Crippen molar-refractivity contribution in [2.45, 2.75) is 5.41 Å². The summed E-state index contributed by atoms with van der Waals surface area (Å²) in [6, 6.07) is 83.8. The Morgan fingerprint density at radius 1 is 0.358 bits per heavy atom. The number of rotatable bonds is 4. The second kappa shape index (κ2) is 13.6. The van der Waals surface area contributed by atoms with Gasteiger partial charge >= 0.3 is 0 Å². The molecule has 0 saturated heterocycles. The number of ether oxygens (including phenoxy) is 1. The molecule has 67 heavy (non-hydrogen) atoms. The second-order valence-electron chi connectivity index (χ2n) is 18.0. The van der Waals surface area contributed by atoms with Crippen LogP contribution in [0.5, 0.6) is 11.5 Å². The molecule has 1 spiro atoms. The highest BCUT2D eigenvalue weighted by Gasteiger charge is 2.49. The Balaban J connectivity index is 1.000. The van der Waals surface area contributed by atoms with E-state index in [0.717, 1.165) is 78.3 Å². The molecule has 0 N–H and O–H groups in total. The van der Waals surface area contributed by atoms with E-state index in [0.29, 0.717) is 0 Å². The largest absolute Gasteiger partial charge is 0.457 e. The molecule has 0 saturated carbocycles. The van der Waals surface area contributed by atoms with Gasteiger partial charge in [0, 0.05) is 50.4 Å². The molecular weight excluding hydrogens is 817 g/mol. The number of hydrogen-bond donors (Lipinski definition) is 0. The number of nitrogens with zero attached hydrogens (tertiary/aromatic N) is 2. The van der Waals surface area contributed by atoms with Crippen LogP contribution in [-0.2, 0) is 5.41 Å². The smallest absolute Gasteiger partial charge is 0.137 e. The van der Waals surface area contributed by atoms with Crippen LogP contribution in [0.25, 0.3) is 82.1 Å². The lowest BCUT2D eigenvalue weighted by atomic mass is 9.58. The molecule has 1 aliphatic heterocycles. The first-order valence-electron chi connectivity index (χ1n) is 23.0. The van der Waals surface area contributed by atoms with Gasteiger partial charge in [0.1, 0.15) is 22.7 Å². The molecule has 4 heteroatoms. The van der Waals surface area contributed by atoms with Crippen molar-refractivity contribution in [3.05, 3.63) is 253 Å². The standard InChI is InChI=1S/C63H38N2O2/c1-2-15-41-36-42(31-30-39(41)14-1)64(43-32-34-47-46-19-4-8-25-54(46)65(56(47)37-43)55-26-13-29-59-62(55)49-20-5-9-27-57(49)66-59)44-33-35-52-60(38-44)67-58-28-10-7-23-51(58)63(52)50-22-6-3-18-45(50)48-21-11-16-40-17-12-24-53(63)61(40)48/h1-38H. The van der Waals surface area contributed by atoms with Crippen LogP contribution in [0.2, 0.25) is 0 Å². The lowest BCUT2D eigenvalue weighted by Gasteiger charge is -2.45. The topological polar surface area (TPSA) is 30.5 Å². The zero-order valence-corrected chi connectivity index (χ0v) is 36.2. The first-order chi connectivity index (χ1) is 33.2. The molecule has 312 valence electrons. The minimum Gasteiger partial charge on any atom is -0.457 e. The van der Waals surface area contributed by atoms with E-state index < -0.39 is 5.41 Å². The average Bonchev–Trinajstić information content (AvgIpc) is 3.93. The monoisotopic (exact) mass is 854 g/mol. The molecule has 0 radical (unpaired) electrons. The van der Waals surface area contributed by atoms with Crippen molar-refractivity contribution in [3.63, 3.8) is 0 Å². The van der Waals surface area contributed by atoms with Crippen molar-refractivity contribution in [3.8, 4) is 28.3 Å². The maximum atomic E-state index is 7.15. The van der Waals surface area contributed by atoms with E-state index in [4.69, 9.17) is 9.15 Å². The summed E-state index contributed by atoms with van der Waals surface area (Å²) in [5.74, 6) is 1.70. The number of benzene rings is 11. The zero-order valence-electron chi connectivity index (χ0n) is 36.2. The summed E-state index contributed by atoms with van der Waals surface area (Å²) in [5.41, 5.74) is 14.9. The van der Waals surface area contributed by atoms with Gasteiger partial charge < -0.3 is 18.6 Å². The SMILES string of the molecule is c1ccc2c(c1)Oc1cc(N(c3ccc4ccccc4c3)c3ccc4c5ccccc5n(-c5cccc6oc7ccccc7c56)c4c3)ccc1C21c2ccccc2-c2cccc3cccc1c23. The quantitative estimate of drug-likeness (QED) is 0.177. The normalized spacial score (nSPS) is 14.7. The Bertz CT molecular complexity index is 4230. The van der Waals surface area contributed by atoms with Crippen LogP contribution in [0.4, 0.5) is 17.1 Å². The number of anilines is 3. The van der Waals surface area contributed by atoms with Crippen molar-refractivity contribution in [2.75, 3.05) is 4.90 Å². The number of para-hydroxylation sites is 3. The van der Waals surface area contributed by atoms with E-state index in [1.54, 1.807) is 0 Å². The Kier molecular flexibility index (Phi) is 7.40. The van der Waals surface area contributed by atoms with E-state index in [-0.39, 0.29) is 0 Å². The first-order valence-corrected chi connectivity index (χ1v) is 23.0. The predicted molar refractivity (Wildman–Crippen MR) is 275 cm³/mol. The fourth-order valence-corrected chi connectivity index (χ4v) is 11.9. The maximum absolute atomic E-state index is 7.15. The van der Waals surface area contributed by atoms with Crippen LogP contribution >= 0.6 is 0 Å². The second-order valence-corrected chi connectivity index (χ2v) is 18.0. The van der Waals surface area contributed by atoms with Crippen LogP contribution in [0.15, 0.2) is 235 Å². The summed E-state index contributed by atoms with van der Waals surface area (Å²) in [5, 5.41) is 9.46. The maximum Gasteiger partial charge on any atom is 0.137 e. The third kappa shape index (κ3) is 4.96. The molecule has 2 aliphatic rings. The van der Waals surface area contributed by atoms with Gasteiger partial charge in [0.2, 0.25) is 0 Å². The highest BCUT2D eigenvalue weighted by atomic mass is 16.5. The van der Waals surface area contributed by atoms with Crippen LogP contribution in [0.3, 0.4) is 0 Å². The Hall–Kier alpha value is -8.86. The molecule has 0 fully saturated rings. The number of furan rings is 1. The molecule has 1 aliphatic carbocycles. The van der Waals surface area contributed by atoms with E-state index in [1.807, 2.05) is 6.07 Å². The summed E-state index contributed by atoms with van der Waals surface area (Å²) in [7, 11) is 0. The van der Waals surface area contributed by atoms with Crippen molar-refractivity contribution in [1.82, 2.24) is 4.57 Å². The van der Waals surface area contributed by atoms with Crippen LogP contribution < -0.4 is 9.64 Å². The fourth-order valence-electron chi connectivity index (χ4n) is 11.9. The molecule has 15 rings (SSSR count). The molecule has 1 unspecified atom stereocenters. The molecule has 11 aromatic carbocycles. The molecule has 0 bridgehead atoms. The molecule has 0 amide bonds. The van der Waals surface area contributed by atoms with Gasteiger partial charge in [0.25, 0.3) is 0 Å². The molecule has 2 aromatic heterocycles. The van der Waals surface area contributed by atoms with Gasteiger partial charge in [-0.1, -0.05) is 164 Å². The van der Waals surface area contributed by atoms with Crippen molar-refractivity contribution >= 4 is 82.4 Å². The zero-order chi connectivity index (χ0) is 43.8. The molecule has 1 atom stereocenters. The minimum atomic E-state index is -0.626. The molecule has 4 nitrogen and oxygen atoms in total. The third-order valence-electron chi connectivity index (χ3n) is 14.6. The highest BCUT2D eigenvalue weighted by molar-refractivity contribution is 6.15. The van der Waals surface area contributed by atoms with E-state index in [2.05, 4.69) is 234 Å². The van der Waals surface area contributed by atoms with E-state index >= 15 is 0 Å². The van der Waals surface area contributed by atoms with Crippen LogP contribution in [-0.4, -0.2) is 4.57 Å². The van der Waals surface area contributed by atoms with Crippen LogP contribution in [0.1, 0.15) is 22.3 Å². The van der Waals surface area contributed by atoms with Gasteiger partial charge in [-0.25, -0.2) is 0 Å². The highest BCUT2D eigenvalue weighted by Crippen LogP contribution is 2.61. The lowest BCUT2D eigenvalue weighted by molar-refractivity contribution is 0.435. The Morgan fingerprint density at radius 3 is 1.93 bits per heavy atom. The van der Waals surface area contributed by atoms with Crippen molar-refractivity contribution in [2.24, 2.45) is 0 Å². The Morgan fingerprint density at radius 2 is 0.985 bits per heavy atom.